The zero-order valence-corrected chi connectivity index (χ0v) is 29.7. The second-order valence-electron chi connectivity index (χ2n) is 13.4. The fourth-order valence-electron chi connectivity index (χ4n) is 7.28. The molecule has 0 N–H and O–H groups in total. The molecule has 0 radical (unpaired) electrons. The minimum Gasteiger partial charge on any atom is -0.453 e. The molecule has 0 saturated carbocycles. The Kier molecular flexibility index (Phi) is 8.08. The smallest absolute Gasteiger partial charge is 0.164 e. The Bertz CT molecular complexity index is 2940. The molecular weight excluding hydrogens is 673 g/mol. The minimum absolute atomic E-state index is 0.586. The van der Waals surface area contributed by atoms with Gasteiger partial charge in [-0.05, 0) is 28.8 Å². The summed E-state index contributed by atoms with van der Waals surface area (Å²) < 4.78 is 6.97. The first-order valence-electron chi connectivity index (χ1n) is 18.3. The summed E-state index contributed by atoms with van der Waals surface area (Å²) in [5, 5.41) is 2.04. The summed E-state index contributed by atoms with van der Waals surface area (Å²) in [5.74, 6) is 2.59. The number of pyridine rings is 1. The summed E-state index contributed by atoms with van der Waals surface area (Å²) in [4.78, 5) is 20.3. The molecule has 0 atom stereocenters. The van der Waals surface area contributed by atoms with Crippen LogP contribution in [-0.4, -0.2) is 19.9 Å². The van der Waals surface area contributed by atoms with Gasteiger partial charge in [-0.3, -0.25) is 0 Å². The highest BCUT2D eigenvalue weighted by Crippen LogP contribution is 2.47. The highest BCUT2D eigenvalue weighted by molar-refractivity contribution is 6.18. The third-order valence-electron chi connectivity index (χ3n) is 9.94. The summed E-state index contributed by atoms with van der Waals surface area (Å²) in [7, 11) is 0. The first-order valence-corrected chi connectivity index (χ1v) is 18.3. The maximum Gasteiger partial charge on any atom is 0.164 e. The van der Waals surface area contributed by atoms with Crippen LogP contribution in [0.5, 0.6) is 0 Å². The average Bonchev–Trinajstić information content (AvgIpc) is 3.69. The van der Waals surface area contributed by atoms with Crippen molar-refractivity contribution in [2.75, 3.05) is 0 Å². The van der Waals surface area contributed by atoms with Crippen LogP contribution in [0.3, 0.4) is 0 Å². The molecule has 3 heterocycles. The Labute approximate surface area is 318 Å². The van der Waals surface area contributed by atoms with Crippen LogP contribution < -0.4 is 0 Å². The molecule has 0 aliphatic carbocycles. The molecule has 10 aromatic rings. The molecule has 258 valence electrons. The van der Waals surface area contributed by atoms with Crippen LogP contribution >= 0.6 is 0 Å². The standard InChI is InChI=1S/C50H32N4O/c1-5-16-33(17-6-1)34-28-30-38(31-29-34)49-52-48(37-22-11-4-12-23-37)53-50(54-49)40-25-15-24-39(32-40)43-44-41-26-13-14-27-42(41)51-45(35-18-7-2-8-19-35)47(44)55-46(43)36-20-9-3-10-21-36/h1-32H. The lowest BCUT2D eigenvalue weighted by atomic mass is 9.94. The van der Waals surface area contributed by atoms with Crippen LogP contribution in [0.15, 0.2) is 199 Å². The van der Waals surface area contributed by atoms with Crippen molar-refractivity contribution in [2.45, 2.75) is 0 Å². The van der Waals surface area contributed by atoms with Crippen LogP contribution in [0.2, 0.25) is 0 Å². The van der Waals surface area contributed by atoms with Crippen LogP contribution in [0, 0.1) is 0 Å². The predicted octanol–water partition coefficient (Wildman–Crippen LogP) is 12.8. The SMILES string of the molecule is c1ccc(-c2ccc(-c3nc(-c4ccccc4)nc(-c4cccc(-c5c(-c6ccccc6)oc6c(-c7ccccc7)nc7ccccc7c56)c4)n3)cc2)cc1. The van der Waals surface area contributed by atoms with Gasteiger partial charge in [0.25, 0.3) is 0 Å². The van der Waals surface area contributed by atoms with Gasteiger partial charge in [0.05, 0.1) is 5.52 Å². The Morgan fingerprint density at radius 1 is 0.327 bits per heavy atom. The molecule has 55 heavy (non-hydrogen) atoms. The lowest BCUT2D eigenvalue weighted by Crippen LogP contribution is -2.00. The number of hydrogen-bond acceptors (Lipinski definition) is 5. The summed E-state index contributed by atoms with van der Waals surface area (Å²) >= 11 is 0. The van der Waals surface area contributed by atoms with Gasteiger partial charge in [-0.15, -0.1) is 0 Å². The number of hydrogen-bond donors (Lipinski definition) is 0. The Morgan fingerprint density at radius 2 is 0.782 bits per heavy atom. The van der Waals surface area contributed by atoms with E-state index in [0.717, 1.165) is 83.4 Å². The molecule has 0 unspecified atom stereocenters. The van der Waals surface area contributed by atoms with E-state index in [0.29, 0.717) is 17.5 Å². The van der Waals surface area contributed by atoms with Gasteiger partial charge < -0.3 is 4.42 Å². The number of para-hydroxylation sites is 1. The molecular formula is C50H32N4O. The number of benzene rings is 7. The van der Waals surface area contributed by atoms with Crippen molar-refractivity contribution < 1.29 is 4.42 Å². The van der Waals surface area contributed by atoms with Crippen LogP contribution in [0.1, 0.15) is 0 Å². The van der Waals surface area contributed by atoms with Gasteiger partial charge in [-0.2, -0.15) is 0 Å². The molecule has 0 saturated heterocycles. The first kappa shape index (κ1) is 32.2. The Hall–Kier alpha value is -7.50. The summed E-state index contributed by atoms with van der Waals surface area (Å²) in [6.07, 6.45) is 0. The number of aromatic nitrogens is 4. The molecule has 10 rings (SSSR count). The molecule has 0 amide bonds. The number of fused-ring (bicyclic) bond motifs is 3. The van der Waals surface area contributed by atoms with Crippen molar-refractivity contribution in [3.63, 3.8) is 0 Å². The van der Waals surface area contributed by atoms with Gasteiger partial charge in [-0.25, -0.2) is 19.9 Å². The zero-order chi connectivity index (χ0) is 36.6. The average molecular weight is 705 g/mol. The first-order chi connectivity index (χ1) is 27.3. The zero-order valence-electron chi connectivity index (χ0n) is 29.7. The van der Waals surface area contributed by atoms with Gasteiger partial charge in [0.1, 0.15) is 11.5 Å². The van der Waals surface area contributed by atoms with E-state index < -0.39 is 0 Å². The molecule has 0 spiro atoms. The lowest BCUT2D eigenvalue weighted by Gasteiger charge is -2.11. The van der Waals surface area contributed by atoms with Gasteiger partial charge >= 0.3 is 0 Å². The van der Waals surface area contributed by atoms with Gasteiger partial charge in [0.15, 0.2) is 23.1 Å². The topological polar surface area (TPSA) is 64.7 Å². The summed E-state index contributed by atoms with van der Waals surface area (Å²) in [5.41, 5.74) is 11.4. The molecule has 7 aromatic carbocycles. The molecule has 0 bridgehead atoms. The maximum atomic E-state index is 6.97. The van der Waals surface area contributed by atoms with Gasteiger partial charge in [-0.1, -0.05) is 182 Å². The van der Waals surface area contributed by atoms with Crippen molar-refractivity contribution in [3.05, 3.63) is 194 Å². The van der Waals surface area contributed by atoms with Crippen LogP contribution in [0.4, 0.5) is 0 Å². The van der Waals surface area contributed by atoms with Crippen molar-refractivity contribution >= 4 is 21.9 Å². The molecule has 5 nitrogen and oxygen atoms in total. The second-order valence-corrected chi connectivity index (χ2v) is 13.4. The van der Waals surface area contributed by atoms with Crippen molar-refractivity contribution in [2.24, 2.45) is 0 Å². The van der Waals surface area contributed by atoms with E-state index in [2.05, 4.69) is 115 Å². The second kappa shape index (κ2) is 13.8. The van der Waals surface area contributed by atoms with E-state index in [1.807, 2.05) is 78.9 Å². The molecule has 5 heteroatoms. The third-order valence-corrected chi connectivity index (χ3v) is 9.94. The quantitative estimate of drug-likeness (QED) is 0.165. The number of nitrogens with zero attached hydrogens (tertiary/aromatic N) is 4. The summed E-state index contributed by atoms with van der Waals surface area (Å²) in [6, 6.07) is 66.1. The Balaban J connectivity index is 1.18. The lowest BCUT2D eigenvalue weighted by molar-refractivity contribution is 0.632. The molecule has 0 aliphatic rings. The van der Waals surface area contributed by atoms with E-state index in [-0.39, 0.29) is 0 Å². The molecule has 0 aliphatic heterocycles. The highest BCUT2D eigenvalue weighted by Gasteiger charge is 2.24. The van der Waals surface area contributed by atoms with Crippen molar-refractivity contribution in [1.82, 2.24) is 19.9 Å². The fourth-order valence-corrected chi connectivity index (χ4v) is 7.28. The fraction of sp³-hybridized carbons (Fsp3) is 0. The van der Waals surface area contributed by atoms with E-state index in [1.165, 1.54) is 0 Å². The van der Waals surface area contributed by atoms with Gasteiger partial charge in [0, 0.05) is 44.2 Å². The maximum absolute atomic E-state index is 6.97. The molecule has 0 fully saturated rings. The Morgan fingerprint density at radius 3 is 1.44 bits per heavy atom. The largest absolute Gasteiger partial charge is 0.453 e. The molecule has 3 aromatic heterocycles. The van der Waals surface area contributed by atoms with E-state index in [9.17, 15) is 0 Å². The van der Waals surface area contributed by atoms with E-state index >= 15 is 0 Å². The van der Waals surface area contributed by atoms with Crippen LogP contribution in [0.25, 0.3) is 101 Å². The van der Waals surface area contributed by atoms with Crippen molar-refractivity contribution in [3.8, 4) is 79.0 Å². The van der Waals surface area contributed by atoms with E-state index in [1.54, 1.807) is 0 Å². The predicted molar refractivity (Wildman–Crippen MR) is 223 cm³/mol. The summed E-state index contributed by atoms with van der Waals surface area (Å²) in [6.45, 7) is 0. The minimum atomic E-state index is 0.586. The third kappa shape index (κ3) is 6.04. The van der Waals surface area contributed by atoms with Gasteiger partial charge in [0.2, 0.25) is 0 Å². The number of rotatable bonds is 7. The highest BCUT2D eigenvalue weighted by atomic mass is 16.3. The number of furan rings is 1. The van der Waals surface area contributed by atoms with Crippen molar-refractivity contribution in [1.29, 1.82) is 0 Å². The van der Waals surface area contributed by atoms with Crippen LogP contribution in [-0.2, 0) is 0 Å². The monoisotopic (exact) mass is 704 g/mol. The normalized spacial score (nSPS) is 11.3. The van der Waals surface area contributed by atoms with E-state index in [4.69, 9.17) is 24.4 Å².